The van der Waals surface area contributed by atoms with Crippen LogP contribution in [-0.2, 0) is 17.8 Å². The number of nitrogens with zero attached hydrogens (tertiary/aromatic N) is 3. The van der Waals surface area contributed by atoms with E-state index in [2.05, 4.69) is 31.3 Å². The van der Waals surface area contributed by atoms with Gasteiger partial charge in [-0.05, 0) is 57.4 Å². The van der Waals surface area contributed by atoms with Gasteiger partial charge in [0.15, 0.2) is 5.65 Å². The molecule has 0 radical (unpaired) electrons. The predicted molar refractivity (Wildman–Crippen MR) is 131 cm³/mol. The van der Waals surface area contributed by atoms with Crippen molar-refractivity contribution in [2.45, 2.75) is 47.1 Å². The normalized spacial score (nSPS) is 11.0. The summed E-state index contributed by atoms with van der Waals surface area (Å²) in [6.45, 7) is 9.10. The van der Waals surface area contributed by atoms with E-state index in [0.717, 1.165) is 39.1 Å². The zero-order valence-electron chi connectivity index (χ0n) is 19.7. The fraction of sp³-hybridized carbons (Fsp3) is 0.296. The van der Waals surface area contributed by atoms with Crippen molar-refractivity contribution in [2.75, 3.05) is 6.61 Å². The summed E-state index contributed by atoms with van der Waals surface area (Å²) in [4.78, 5) is 17.4. The zero-order valence-corrected chi connectivity index (χ0v) is 19.7. The van der Waals surface area contributed by atoms with Crippen molar-refractivity contribution in [1.82, 2.24) is 20.1 Å². The first-order valence-corrected chi connectivity index (χ1v) is 11.4. The van der Waals surface area contributed by atoms with Gasteiger partial charge in [0.05, 0.1) is 18.0 Å². The van der Waals surface area contributed by atoms with Gasteiger partial charge in [0.2, 0.25) is 11.8 Å². The summed E-state index contributed by atoms with van der Waals surface area (Å²) >= 11 is 0. The van der Waals surface area contributed by atoms with Crippen LogP contribution >= 0.6 is 0 Å². The Kier molecular flexibility index (Phi) is 6.73. The number of pyridine rings is 1. The van der Waals surface area contributed by atoms with Crippen LogP contribution in [-0.4, -0.2) is 27.3 Å². The minimum Gasteiger partial charge on any atom is -0.478 e. The Morgan fingerprint density at radius 3 is 2.45 bits per heavy atom. The molecular formula is C27H30N4O2. The van der Waals surface area contributed by atoms with Crippen LogP contribution in [0.4, 0.5) is 0 Å². The van der Waals surface area contributed by atoms with E-state index in [0.29, 0.717) is 31.9 Å². The molecule has 1 amide bonds. The number of carbonyl (C=O) groups excluding carboxylic acids is 1. The van der Waals surface area contributed by atoms with Gasteiger partial charge < -0.3 is 10.1 Å². The van der Waals surface area contributed by atoms with E-state index in [1.54, 1.807) is 0 Å². The standard InChI is InChI=1S/C27H30N4O2/c1-5-33-27-23(15-16-24(32)28-17-21-9-7-6-8-10-21)19(3)25-20(4)30-31(26(25)29-27)22-13-11-18(2)12-14-22/h6-14H,5,15-17H2,1-4H3,(H,28,32). The van der Waals surface area contributed by atoms with Gasteiger partial charge in [0.25, 0.3) is 0 Å². The van der Waals surface area contributed by atoms with Crippen molar-refractivity contribution in [3.63, 3.8) is 0 Å². The summed E-state index contributed by atoms with van der Waals surface area (Å²) in [6.07, 6.45) is 0.923. The number of aromatic nitrogens is 3. The maximum absolute atomic E-state index is 12.5. The van der Waals surface area contributed by atoms with E-state index >= 15 is 0 Å². The molecule has 0 fully saturated rings. The Balaban J connectivity index is 1.61. The number of carbonyl (C=O) groups is 1. The van der Waals surface area contributed by atoms with E-state index in [1.165, 1.54) is 5.56 Å². The number of hydrogen-bond acceptors (Lipinski definition) is 4. The minimum absolute atomic E-state index is 0.00729. The number of benzene rings is 2. The molecule has 0 aliphatic heterocycles. The van der Waals surface area contributed by atoms with E-state index in [-0.39, 0.29) is 5.91 Å². The van der Waals surface area contributed by atoms with Crippen LogP contribution in [0.5, 0.6) is 5.88 Å². The van der Waals surface area contributed by atoms with Crippen LogP contribution in [0, 0.1) is 20.8 Å². The summed E-state index contributed by atoms with van der Waals surface area (Å²) in [5, 5.41) is 8.79. The molecule has 0 unspecified atom stereocenters. The monoisotopic (exact) mass is 442 g/mol. The average Bonchev–Trinajstić information content (AvgIpc) is 3.15. The molecule has 33 heavy (non-hydrogen) atoms. The van der Waals surface area contributed by atoms with Crippen LogP contribution in [0.15, 0.2) is 54.6 Å². The second-order valence-electron chi connectivity index (χ2n) is 8.25. The maximum atomic E-state index is 12.5. The Labute approximate surface area is 194 Å². The zero-order chi connectivity index (χ0) is 23.4. The van der Waals surface area contributed by atoms with E-state index < -0.39 is 0 Å². The van der Waals surface area contributed by atoms with Crippen molar-refractivity contribution in [3.05, 3.63) is 82.5 Å². The molecule has 0 aliphatic carbocycles. The number of rotatable bonds is 8. The lowest BCUT2D eigenvalue weighted by atomic mass is 10.0. The smallest absolute Gasteiger partial charge is 0.220 e. The quantitative estimate of drug-likeness (QED) is 0.417. The molecule has 2 aromatic carbocycles. The summed E-state index contributed by atoms with van der Waals surface area (Å²) in [6, 6.07) is 18.1. The van der Waals surface area contributed by atoms with Gasteiger partial charge in [0, 0.05) is 23.9 Å². The third-order valence-corrected chi connectivity index (χ3v) is 5.82. The summed E-state index contributed by atoms with van der Waals surface area (Å²) in [5.41, 5.74) is 6.95. The first-order chi connectivity index (χ1) is 16.0. The second kappa shape index (κ2) is 9.86. The van der Waals surface area contributed by atoms with Gasteiger partial charge in [-0.1, -0.05) is 48.0 Å². The number of fused-ring (bicyclic) bond motifs is 1. The molecule has 4 aromatic rings. The van der Waals surface area contributed by atoms with Gasteiger partial charge in [-0.25, -0.2) is 4.68 Å². The predicted octanol–water partition coefficient (Wildman–Crippen LogP) is 4.99. The molecule has 6 nitrogen and oxygen atoms in total. The van der Waals surface area contributed by atoms with Gasteiger partial charge in [-0.3, -0.25) is 4.79 Å². The van der Waals surface area contributed by atoms with E-state index in [9.17, 15) is 4.79 Å². The van der Waals surface area contributed by atoms with Gasteiger partial charge >= 0.3 is 0 Å². The number of ether oxygens (including phenoxy) is 1. The number of hydrogen-bond donors (Lipinski definition) is 1. The van der Waals surface area contributed by atoms with Crippen molar-refractivity contribution >= 4 is 16.9 Å². The van der Waals surface area contributed by atoms with Gasteiger partial charge in [0.1, 0.15) is 0 Å². The molecule has 0 aliphatic rings. The summed E-state index contributed by atoms with van der Waals surface area (Å²) < 4.78 is 7.79. The van der Waals surface area contributed by atoms with Crippen LogP contribution in [0.2, 0.25) is 0 Å². The third-order valence-electron chi connectivity index (χ3n) is 5.82. The first kappa shape index (κ1) is 22.5. The lowest BCUT2D eigenvalue weighted by Crippen LogP contribution is -2.23. The van der Waals surface area contributed by atoms with Gasteiger partial charge in [-0.15, -0.1) is 0 Å². The third kappa shape index (κ3) is 4.90. The highest BCUT2D eigenvalue weighted by molar-refractivity contribution is 5.86. The topological polar surface area (TPSA) is 69.0 Å². The molecule has 6 heteroatoms. The molecule has 0 saturated carbocycles. The van der Waals surface area contributed by atoms with Gasteiger partial charge in [-0.2, -0.15) is 10.1 Å². The molecule has 170 valence electrons. The second-order valence-corrected chi connectivity index (χ2v) is 8.25. The Bertz CT molecular complexity index is 1260. The largest absolute Gasteiger partial charge is 0.478 e. The Hall–Kier alpha value is -3.67. The highest BCUT2D eigenvalue weighted by Gasteiger charge is 2.20. The molecule has 0 atom stereocenters. The molecule has 0 spiro atoms. The van der Waals surface area contributed by atoms with Crippen LogP contribution in [0.25, 0.3) is 16.7 Å². The maximum Gasteiger partial charge on any atom is 0.220 e. The van der Waals surface area contributed by atoms with E-state index in [4.69, 9.17) is 14.8 Å². The molecule has 0 saturated heterocycles. The number of amides is 1. The molecule has 1 N–H and O–H groups in total. The fourth-order valence-corrected chi connectivity index (χ4v) is 4.07. The SMILES string of the molecule is CCOc1nc2c(c(C)nn2-c2ccc(C)cc2)c(C)c1CCC(=O)NCc1ccccc1. The first-order valence-electron chi connectivity index (χ1n) is 11.4. The highest BCUT2D eigenvalue weighted by Crippen LogP contribution is 2.32. The Morgan fingerprint density at radius 2 is 1.76 bits per heavy atom. The van der Waals surface area contributed by atoms with Crippen LogP contribution in [0.3, 0.4) is 0 Å². The van der Waals surface area contributed by atoms with Crippen molar-refractivity contribution in [1.29, 1.82) is 0 Å². The van der Waals surface area contributed by atoms with Crippen LogP contribution < -0.4 is 10.1 Å². The molecule has 2 aromatic heterocycles. The molecule has 4 rings (SSSR count). The van der Waals surface area contributed by atoms with Crippen molar-refractivity contribution in [3.8, 4) is 11.6 Å². The number of nitrogens with one attached hydrogen (secondary N) is 1. The molecule has 2 heterocycles. The van der Waals surface area contributed by atoms with Crippen LogP contribution in [0.1, 0.15) is 41.3 Å². The summed E-state index contributed by atoms with van der Waals surface area (Å²) in [7, 11) is 0. The fourth-order valence-electron chi connectivity index (χ4n) is 4.07. The van der Waals surface area contributed by atoms with E-state index in [1.807, 2.05) is 61.0 Å². The Morgan fingerprint density at radius 1 is 1.03 bits per heavy atom. The number of aryl methyl sites for hydroxylation is 3. The average molecular weight is 443 g/mol. The lowest BCUT2D eigenvalue weighted by Gasteiger charge is -2.14. The van der Waals surface area contributed by atoms with Crippen molar-refractivity contribution < 1.29 is 9.53 Å². The molecule has 0 bridgehead atoms. The van der Waals surface area contributed by atoms with Crippen molar-refractivity contribution in [2.24, 2.45) is 0 Å². The highest BCUT2D eigenvalue weighted by atomic mass is 16.5. The lowest BCUT2D eigenvalue weighted by molar-refractivity contribution is -0.121. The summed E-state index contributed by atoms with van der Waals surface area (Å²) in [5.74, 6) is 0.583. The molecular weight excluding hydrogens is 412 g/mol. The minimum atomic E-state index is 0.00729.